The van der Waals surface area contributed by atoms with Crippen LogP contribution in [0, 0.1) is 0 Å². The van der Waals surface area contributed by atoms with Gasteiger partial charge in [-0.05, 0) is 19.4 Å². The molecule has 1 N–H and O–H groups in total. The summed E-state index contributed by atoms with van der Waals surface area (Å²) in [6.07, 6.45) is 0.924. The average Bonchev–Trinajstić information content (AvgIpc) is 2.51. The molecule has 1 aromatic carbocycles. The number of rotatable bonds is 8. The quantitative estimate of drug-likeness (QED) is 0.304. The Morgan fingerprint density at radius 1 is 1.27 bits per heavy atom. The Morgan fingerprint density at radius 2 is 2.00 bits per heavy atom. The molecule has 0 unspecified atom stereocenters. The number of nitrogens with one attached hydrogen (secondary N) is 1. The minimum atomic E-state index is 0. The molecule has 0 spiro atoms. The molecule has 0 aliphatic rings. The van der Waals surface area contributed by atoms with Gasteiger partial charge in [0.2, 0.25) is 0 Å². The molecule has 22 heavy (non-hydrogen) atoms. The van der Waals surface area contributed by atoms with Gasteiger partial charge in [0.25, 0.3) is 0 Å². The monoisotopic (exact) mass is 421 g/mol. The predicted molar refractivity (Wildman–Crippen MR) is 102 cm³/mol. The Hall–Kier alpha value is -1.02. The lowest BCUT2D eigenvalue weighted by molar-refractivity contribution is 0.197. The zero-order chi connectivity index (χ0) is 15.5. The molecule has 0 amide bonds. The van der Waals surface area contributed by atoms with Crippen molar-refractivity contribution in [2.24, 2.45) is 4.99 Å². The van der Waals surface area contributed by atoms with E-state index in [1.165, 1.54) is 0 Å². The van der Waals surface area contributed by atoms with E-state index in [-0.39, 0.29) is 24.0 Å². The number of guanidine groups is 1. The van der Waals surface area contributed by atoms with E-state index in [1.54, 1.807) is 14.2 Å². The van der Waals surface area contributed by atoms with Gasteiger partial charge in [-0.15, -0.1) is 24.0 Å². The Labute approximate surface area is 151 Å². The highest BCUT2D eigenvalue weighted by Gasteiger charge is 2.09. The first-order valence-corrected chi connectivity index (χ1v) is 7.33. The van der Waals surface area contributed by atoms with Crippen LogP contribution in [0.15, 0.2) is 29.3 Å². The summed E-state index contributed by atoms with van der Waals surface area (Å²) in [5.74, 6) is 1.80. The van der Waals surface area contributed by atoms with Gasteiger partial charge >= 0.3 is 0 Å². The molecular weight excluding hydrogens is 393 g/mol. The van der Waals surface area contributed by atoms with Gasteiger partial charge in [0, 0.05) is 46.0 Å². The number of ether oxygens (including phenoxy) is 2. The molecule has 0 heterocycles. The highest BCUT2D eigenvalue weighted by atomic mass is 127. The summed E-state index contributed by atoms with van der Waals surface area (Å²) in [4.78, 5) is 6.72. The Balaban J connectivity index is 0.00000441. The molecule has 0 aliphatic heterocycles. The number of halogens is 1. The van der Waals surface area contributed by atoms with Crippen LogP contribution in [-0.2, 0) is 11.3 Å². The van der Waals surface area contributed by atoms with E-state index in [1.807, 2.05) is 25.2 Å². The van der Waals surface area contributed by atoms with Crippen molar-refractivity contribution in [3.8, 4) is 5.75 Å². The maximum Gasteiger partial charge on any atom is 0.193 e. The predicted octanol–water partition coefficient (Wildman–Crippen LogP) is 2.75. The van der Waals surface area contributed by atoms with Crippen LogP contribution in [0.5, 0.6) is 5.75 Å². The van der Waals surface area contributed by atoms with E-state index in [2.05, 4.69) is 28.2 Å². The van der Waals surface area contributed by atoms with Gasteiger partial charge in [-0.3, -0.25) is 4.99 Å². The maximum absolute atomic E-state index is 5.40. The van der Waals surface area contributed by atoms with E-state index < -0.39 is 0 Å². The molecule has 0 atom stereocenters. The summed E-state index contributed by atoms with van der Waals surface area (Å²) in [6, 6.07) is 8.05. The van der Waals surface area contributed by atoms with Crippen molar-refractivity contribution in [2.45, 2.75) is 19.9 Å². The van der Waals surface area contributed by atoms with Crippen molar-refractivity contribution in [1.82, 2.24) is 10.2 Å². The SMILES string of the molecule is CCNC(=NCCCOC)N(C)Cc1ccccc1OC.I. The minimum Gasteiger partial charge on any atom is -0.496 e. The fraction of sp³-hybridized carbons (Fsp3) is 0.562. The Bertz CT molecular complexity index is 441. The molecule has 0 saturated carbocycles. The van der Waals surface area contributed by atoms with Gasteiger partial charge in [0.15, 0.2) is 5.96 Å². The van der Waals surface area contributed by atoms with Crippen LogP contribution in [0.2, 0.25) is 0 Å². The standard InChI is InChI=1S/C16H27N3O2.HI/c1-5-17-16(18-11-8-12-20-3)19(2)13-14-9-6-7-10-15(14)21-4;/h6-7,9-10H,5,8,11-13H2,1-4H3,(H,17,18);1H. The van der Waals surface area contributed by atoms with E-state index in [0.29, 0.717) is 0 Å². The lowest BCUT2D eigenvalue weighted by atomic mass is 10.2. The maximum atomic E-state index is 5.40. The van der Waals surface area contributed by atoms with E-state index in [4.69, 9.17) is 9.47 Å². The fourth-order valence-electron chi connectivity index (χ4n) is 2.03. The highest BCUT2D eigenvalue weighted by molar-refractivity contribution is 14.0. The van der Waals surface area contributed by atoms with Crippen molar-refractivity contribution in [2.75, 3.05) is 41.0 Å². The van der Waals surface area contributed by atoms with Crippen molar-refractivity contribution in [3.63, 3.8) is 0 Å². The van der Waals surface area contributed by atoms with E-state index >= 15 is 0 Å². The first-order valence-electron chi connectivity index (χ1n) is 7.33. The molecule has 1 aromatic rings. The van der Waals surface area contributed by atoms with Crippen molar-refractivity contribution < 1.29 is 9.47 Å². The second-order valence-electron chi connectivity index (χ2n) is 4.75. The lowest BCUT2D eigenvalue weighted by Crippen LogP contribution is -2.38. The molecule has 126 valence electrons. The molecule has 0 radical (unpaired) electrons. The van der Waals surface area contributed by atoms with Crippen LogP contribution in [0.4, 0.5) is 0 Å². The van der Waals surface area contributed by atoms with Crippen molar-refractivity contribution in [3.05, 3.63) is 29.8 Å². The first kappa shape index (κ1) is 21.0. The number of methoxy groups -OCH3 is 2. The third-order valence-corrected chi connectivity index (χ3v) is 3.06. The van der Waals surface area contributed by atoms with Gasteiger partial charge in [0.1, 0.15) is 5.75 Å². The third kappa shape index (κ3) is 7.31. The van der Waals surface area contributed by atoms with Crippen LogP contribution >= 0.6 is 24.0 Å². The number of aliphatic imine (C=N–C) groups is 1. The second kappa shape index (κ2) is 12.5. The normalized spacial score (nSPS) is 10.8. The van der Waals surface area contributed by atoms with Crippen LogP contribution in [0.25, 0.3) is 0 Å². The summed E-state index contributed by atoms with van der Waals surface area (Å²) in [7, 11) is 5.44. The van der Waals surface area contributed by atoms with Gasteiger partial charge < -0.3 is 19.7 Å². The summed E-state index contributed by atoms with van der Waals surface area (Å²) in [5, 5.41) is 3.31. The minimum absolute atomic E-state index is 0. The summed E-state index contributed by atoms with van der Waals surface area (Å²) >= 11 is 0. The second-order valence-corrected chi connectivity index (χ2v) is 4.75. The number of hydrogen-bond acceptors (Lipinski definition) is 3. The van der Waals surface area contributed by atoms with Gasteiger partial charge in [0.05, 0.1) is 7.11 Å². The van der Waals surface area contributed by atoms with Gasteiger partial charge in [-0.1, -0.05) is 18.2 Å². The number of para-hydroxylation sites is 1. The van der Waals surface area contributed by atoms with Crippen LogP contribution in [0.1, 0.15) is 18.9 Å². The summed E-state index contributed by atoms with van der Waals surface area (Å²) in [5.41, 5.74) is 1.14. The topological polar surface area (TPSA) is 46.1 Å². The molecule has 0 aromatic heterocycles. The Morgan fingerprint density at radius 3 is 2.64 bits per heavy atom. The third-order valence-electron chi connectivity index (χ3n) is 3.06. The Kier molecular flexibility index (Phi) is 11.9. The van der Waals surface area contributed by atoms with Crippen LogP contribution in [-0.4, -0.2) is 51.8 Å². The largest absolute Gasteiger partial charge is 0.496 e. The summed E-state index contributed by atoms with van der Waals surface area (Å²) < 4.78 is 10.4. The molecule has 0 saturated heterocycles. The molecule has 1 rings (SSSR count). The molecule has 6 heteroatoms. The first-order chi connectivity index (χ1) is 10.2. The molecule has 0 aliphatic carbocycles. The van der Waals surface area contributed by atoms with Crippen molar-refractivity contribution in [1.29, 1.82) is 0 Å². The van der Waals surface area contributed by atoms with Gasteiger partial charge in [-0.2, -0.15) is 0 Å². The van der Waals surface area contributed by atoms with Gasteiger partial charge in [-0.25, -0.2) is 0 Å². The molecule has 0 bridgehead atoms. The number of benzene rings is 1. The van der Waals surface area contributed by atoms with Crippen LogP contribution < -0.4 is 10.1 Å². The average molecular weight is 421 g/mol. The van der Waals surface area contributed by atoms with Crippen LogP contribution in [0.3, 0.4) is 0 Å². The van der Waals surface area contributed by atoms with Crippen molar-refractivity contribution >= 4 is 29.9 Å². The highest BCUT2D eigenvalue weighted by Crippen LogP contribution is 2.18. The summed E-state index contributed by atoms with van der Waals surface area (Å²) in [6.45, 7) is 5.16. The lowest BCUT2D eigenvalue weighted by Gasteiger charge is -2.23. The zero-order valence-electron chi connectivity index (χ0n) is 14.0. The number of hydrogen-bond donors (Lipinski definition) is 1. The van der Waals surface area contributed by atoms with E-state index in [9.17, 15) is 0 Å². The van der Waals surface area contributed by atoms with E-state index in [0.717, 1.165) is 49.9 Å². The molecule has 5 nitrogen and oxygen atoms in total. The molecule has 0 fully saturated rings. The number of nitrogens with zero attached hydrogens (tertiary/aromatic N) is 2. The zero-order valence-corrected chi connectivity index (χ0v) is 16.3. The fourth-order valence-corrected chi connectivity index (χ4v) is 2.03. The molecular formula is C16H28IN3O2. The smallest absolute Gasteiger partial charge is 0.193 e.